The first-order valence-electron chi connectivity index (χ1n) is 9.32. The van der Waals surface area contributed by atoms with Crippen molar-refractivity contribution in [3.8, 4) is 5.75 Å². The van der Waals surface area contributed by atoms with E-state index in [0.29, 0.717) is 18.7 Å². The van der Waals surface area contributed by atoms with Crippen molar-refractivity contribution in [2.75, 3.05) is 6.61 Å². The molecule has 2 heterocycles. The molecule has 0 bridgehead atoms. The Morgan fingerprint density at radius 3 is 2.66 bits per heavy atom. The van der Waals surface area contributed by atoms with Crippen LogP contribution in [0.1, 0.15) is 22.7 Å². The maximum Gasteiger partial charge on any atom is 0.374 e. The molecular weight excluding hydrogens is 372 g/mol. The van der Waals surface area contributed by atoms with Gasteiger partial charge in [0.25, 0.3) is 0 Å². The molecule has 7 nitrogen and oxygen atoms in total. The molecule has 148 valence electrons. The number of benzene rings is 2. The second kappa shape index (κ2) is 8.52. The van der Waals surface area contributed by atoms with Crippen LogP contribution < -0.4 is 10.4 Å². The van der Waals surface area contributed by atoms with Crippen molar-refractivity contribution in [3.05, 3.63) is 88.7 Å². The number of nitrogens with one attached hydrogen (secondary N) is 1. The third-order valence-electron chi connectivity index (χ3n) is 4.43. The summed E-state index contributed by atoms with van der Waals surface area (Å²) in [6.07, 6.45) is 0.512. The second-order valence-corrected chi connectivity index (χ2v) is 6.46. The molecular formula is C22H20N2O5. The number of rotatable bonds is 8. The lowest BCUT2D eigenvalue weighted by Gasteiger charge is -2.05. The van der Waals surface area contributed by atoms with Gasteiger partial charge in [-0.05, 0) is 42.8 Å². The third-order valence-corrected chi connectivity index (χ3v) is 4.43. The van der Waals surface area contributed by atoms with Crippen LogP contribution in [0.3, 0.4) is 0 Å². The van der Waals surface area contributed by atoms with Gasteiger partial charge in [0.1, 0.15) is 18.1 Å². The van der Waals surface area contributed by atoms with E-state index >= 15 is 0 Å². The lowest BCUT2D eigenvalue weighted by Crippen LogP contribution is -2.18. The van der Waals surface area contributed by atoms with Crippen LogP contribution in [0.25, 0.3) is 11.0 Å². The third kappa shape index (κ3) is 4.40. The Kier molecular flexibility index (Phi) is 5.47. The summed E-state index contributed by atoms with van der Waals surface area (Å²) in [6, 6.07) is 20.1. The van der Waals surface area contributed by atoms with E-state index in [4.69, 9.17) is 13.9 Å². The number of nitrogens with zero attached hydrogens (tertiary/aromatic N) is 1. The first kappa shape index (κ1) is 18.6. The second-order valence-electron chi connectivity index (χ2n) is 6.46. The molecule has 7 heteroatoms. The minimum atomic E-state index is -0.540. The summed E-state index contributed by atoms with van der Waals surface area (Å²) >= 11 is 0. The van der Waals surface area contributed by atoms with E-state index < -0.39 is 5.97 Å². The number of hydrogen-bond donors (Lipinski definition) is 1. The van der Waals surface area contributed by atoms with Gasteiger partial charge in [0.2, 0.25) is 5.76 Å². The molecule has 2 aromatic heterocycles. The minimum absolute atomic E-state index is 0.126. The van der Waals surface area contributed by atoms with E-state index in [-0.39, 0.29) is 24.7 Å². The predicted octanol–water partition coefficient (Wildman–Crippen LogP) is 3.75. The fourth-order valence-electron chi connectivity index (χ4n) is 3.02. The molecule has 0 spiro atoms. The number of para-hydroxylation sites is 3. The molecule has 0 unspecified atom stereocenters. The number of ether oxygens (including phenoxy) is 2. The van der Waals surface area contributed by atoms with E-state index in [2.05, 4.69) is 4.98 Å². The number of aryl methyl sites for hydroxylation is 1. The molecule has 0 saturated heterocycles. The monoisotopic (exact) mass is 392 g/mol. The number of carbonyl (C=O) groups is 1. The Hall–Kier alpha value is -3.74. The number of furan rings is 1. The summed E-state index contributed by atoms with van der Waals surface area (Å²) in [6.45, 7) is 0.854. The summed E-state index contributed by atoms with van der Waals surface area (Å²) < 4.78 is 18.0. The summed E-state index contributed by atoms with van der Waals surface area (Å²) in [5.41, 5.74) is 1.44. The smallest absolute Gasteiger partial charge is 0.374 e. The molecule has 0 aliphatic rings. The van der Waals surface area contributed by atoms with E-state index in [1.54, 1.807) is 16.7 Å². The van der Waals surface area contributed by atoms with Gasteiger partial charge in [0.15, 0.2) is 0 Å². The van der Waals surface area contributed by atoms with Gasteiger partial charge in [-0.2, -0.15) is 0 Å². The fourth-order valence-corrected chi connectivity index (χ4v) is 3.02. The number of aromatic amines is 1. The topological polar surface area (TPSA) is 86.5 Å². The van der Waals surface area contributed by atoms with Crippen LogP contribution in [0.4, 0.5) is 0 Å². The Labute approximate surface area is 166 Å². The zero-order valence-corrected chi connectivity index (χ0v) is 15.7. The normalized spacial score (nSPS) is 10.9. The van der Waals surface area contributed by atoms with Gasteiger partial charge in [-0.25, -0.2) is 9.59 Å². The molecule has 0 fully saturated rings. The van der Waals surface area contributed by atoms with E-state index in [1.807, 2.05) is 54.6 Å². The van der Waals surface area contributed by atoms with Crippen molar-refractivity contribution < 1.29 is 18.7 Å². The van der Waals surface area contributed by atoms with Crippen LogP contribution in [-0.4, -0.2) is 22.1 Å². The van der Waals surface area contributed by atoms with Crippen LogP contribution in [-0.2, 0) is 17.9 Å². The molecule has 2 aromatic carbocycles. The number of aromatic nitrogens is 2. The van der Waals surface area contributed by atoms with Crippen LogP contribution in [0.15, 0.2) is 75.9 Å². The quantitative estimate of drug-likeness (QED) is 0.365. The first-order valence-corrected chi connectivity index (χ1v) is 9.32. The van der Waals surface area contributed by atoms with Crippen molar-refractivity contribution >= 4 is 17.0 Å². The van der Waals surface area contributed by atoms with Crippen LogP contribution in [0, 0.1) is 0 Å². The van der Waals surface area contributed by atoms with Gasteiger partial charge in [0, 0.05) is 6.54 Å². The Bertz CT molecular complexity index is 1160. The van der Waals surface area contributed by atoms with Crippen LogP contribution in [0.2, 0.25) is 0 Å². The Morgan fingerprint density at radius 1 is 1.00 bits per heavy atom. The predicted molar refractivity (Wildman–Crippen MR) is 107 cm³/mol. The molecule has 0 saturated carbocycles. The molecule has 4 rings (SSSR count). The van der Waals surface area contributed by atoms with Gasteiger partial charge >= 0.3 is 11.7 Å². The number of hydrogen-bond acceptors (Lipinski definition) is 5. The molecule has 29 heavy (non-hydrogen) atoms. The zero-order valence-electron chi connectivity index (χ0n) is 15.7. The highest BCUT2D eigenvalue weighted by Crippen LogP contribution is 2.15. The van der Waals surface area contributed by atoms with Crippen molar-refractivity contribution in [1.82, 2.24) is 9.55 Å². The van der Waals surface area contributed by atoms with E-state index in [1.165, 1.54) is 0 Å². The summed E-state index contributed by atoms with van der Waals surface area (Å²) in [5.74, 6) is 0.842. The Morgan fingerprint density at radius 2 is 1.79 bits per heavy atom. The average molecular weight is 392 g/mol. The molecule has 0 radical (unpaired) electrons. The SMILES string of the molecule is O=C(OCCCn1c(=O)[nH]c2ccccc21)c1ccc(COc2ccccc2)o1. The van der Waals surface area contributed by atoms with Gasteiger partial charge < -0.3 is 18.9 Å². The average Bonchev–Trinajstić information content (AvgIpc) is 3.34. The molecule has 4 aromatic rings. The van der Waals surface area contributed by atoms with Crippen molar-refractivity contribution in [2.45, 2.75) is 19.6 Å². The van der Waals surface area contributed by atoms with Crippen molar-refractivity contribution in [1.29, 1.82) is 0 Å². The maximum absolute atomic E-state index is 12.1. The highest BCUT2D eigenvalue weighted by Gasteiger charge is 2.13. The largest absolute Gasteiger partial charge is 0.486 e. The van der Waals surface area contributed by atoms with Crippen molar-refractivity contribution in [2.24, 2.45) is 0 Å². The van der Waals surface area contributed by atoms with Gasteiger partial charge in [-0.3, -0.25) is 4.57 Å². The highest BCUT2D eigenvalue weighted by atomic mass is 16.5. The van der Waals surface area contributed by atoms with E-state index in [9.17, 15) is 9.59 Å². The first-order chi connectivity index (χ1) is 14.2. The number of carbonyl (C=O) groups excluding carboxylic acids is 1. The standard InChI is InChI=1S/C22H20N2O5/c25-21(20-12-11-17(29-20)15-28-16-7-2-1-3-8-16)27-14-6-13-24-19-10-5-4-9-18(19)23-22(24)26/h1-5,7-12H,6,13-15H2,(H,23,26). The van der Waals surface area contributed by atoms with Crippen molar-refractivity contribution in [3.63, 3.8) is 0 Å². The van der Waals surface area contributed by atoms with Crippen LogP contribution in [0.5, 0.6) is 5.75 Å². The summed E-state index contributed by atoms with van der Waals surface area (Å²) in [5, 5.41) is 0. The van der Waals surface area contributed by atoms with Gasteiger partial charge in [-0.15, -0.1) is 0 Å². The molecule has 0 amide bonds. The fraction of sp³-hybridized carbons (Fsp3) is 0.182. The number of fused-ring (bicyclic) bond motifs is 1. The molecule has 0 aliphatic carbocycles. The summed E-state index contributed by atoms with van der Waals surface area (Å²) in [7, 11) is 0. The highest BCUT2D eigenvalue weighted by molar-refractivity contribution is 5.86. The molecule has 0 atom stereocenters. The number of imidazole rings is 1. The molecule has 0 aliphatic heterocycles. The lowest BCUT2D eigenvalue weighted by molar-refractivity contribution is 0.0456. The lowest BCUT2D eigenvalue weighted by atomic mass is 10.3. The number of esters is 1. The van der Waals surface area contributed by atoms with Gasteiger partial charge in [0.05, 0.1) is 17.6 Å². The minimum Gasteiger partial charge on any atom is -0.486 e. The zero-order chi connectivity index (χ0) is 20.1. The maximum atomic E-state index is 12.1. The van der Waals surface area contributed by atoms with Gasteiger partial charge in [-0.1, -0.05) is 30.3 Å². The van der Waals surface area contributed by atoms with Crippen LogP contribution >= 0.6 is 0 Å². The Balaban J connectivity index is 1.26. The number of H-pyrrole nitrogens is 1. The summed E-state index contributed by atoms with van der Waals surface area (Å²) in [4.78, 5) is 27.0. The molecule has 1 N–H and O–H groups in total. The van der Waals surface area contributed by atoms with E-state index in [0.717, 1.165) is 16.8 Å².